The number of esters is 1. The van der Waals surface area contributed by atoms with Crippen LogP contribution in [0.15, 0.2) is 41.6 Å². The molecule has 192 valence electrons. The molecule has 0 saturated heterocycles. The van der Waals surface area contributed by atoms with Crippen LogP contribution in [0, 0.1) is 10.8 Å². The molecule has 0 saturated carbocycles. The molecule has 7 nitrogen and oxygen atoms in total. The van der Waals surface area contributed by atoms with E-state index in [1.54, 1.807) is 0 Å². The Morgan fingerprint density at radius 1 is 0.971 bits per heavy atom. The molecule has 8 heteroatoms. The number of ether oxygens (including phenoxy) is 1. The minimum absolute atomic E-state index is 0.0529. The summed E-state index contributed by atoms with van der Waals surface area (Å²) < 4.78 is 8.65. The summed E-state index contributed by atoms with van der Waals surface area (Å²) >= 11 is 1.38. The van der Waals surface area contributed by atoms with Gasteiger partial charge in [0.2, 0.25) is 5.95 Å². The van der Waals surface area contributed by atoms with Crippen LogP contribution in [0.1, 0.15) is 90.1 Å². The number of carbonyl (C=O) groups is 2. The van der Waals surface area contributed by atoms with Crippen molar-refractivity contribution < 1.29 is 19.4 Å². The van der Waals surface area contributed by atoms with E-state index in [2.05, 4.69) is 40.7 Å². The maximum absolute atomic E-state index is 12.6. The van der Waals surface area contributed by atoms with Crippen molar-refractivity contribution in [2.24, 2.45) is 10.8 Å². The normalized spacial score (nSPS) is 12.3. The van der Waals surface area contributed by atoms with E-state index in [1.165, 1.54) is 29.9 Å². The highest BCUT2D eigenvalue weighted by Gasteiger charge is 2.37. The van der Waals surface area contributed by atoms with Crippen LogP contribution in [-0.4, -0.2) is 32.6 Å². The third kappa shape index (κ3) is 10.3. The number of benzene rings is 1. The van der Waals surface area contributed by atoms with Crippen LogP contribution in [0.2, 0.25) is 0 Å². The summed E-state index contributed by atoms with van der Waals surface area (Å²) in [5.41, 5.74) is 0.409. The minimum atomic E-state index is -1.05. The van der Waals surface area contributed by atoms with E-state index in [-0.39, 0.29) is 16.9 Å². The Kier molecular flexibility index (Phi) is 9.72. The van der Waals surface area contributed by atoms with Crippen molar-refractivity contribution in [3.63, 3.8) is 0 Å². The number of aryl methyl sites for hydroxylation is 1. The molecule has 0 aliphatic rings. The number of carboxylic acids is 1. The molecule has 1 aromatic heterocycles. The van der Waals surface area contributed by atoms with Gasteiger partial charge >= 0.3 is 11.9 Å². The molecule has 2 aromatic rings. The van der Waals surface area contributed by atoms with Gasteiger partial charge < -0.3 is 9.84 Å². The minimum Gasteiger partial charge on any atom is -0.478 e. The monoisotopic (exact) mass is 501 g/mol. The van der Waals surface area contributed by atoms with Gasteiger partial charge in [-0.2, -0.15) is 0 Å². The molecule has 0 atom stereocenters. The van der Waals surface area contributed by atoms with Crippen LogP contribution in [-0.2, 0) is 16.0 Å². The molecule has 1 aromatic carbocycles. The molecule has 0 unspecified atom stereocenters. The number of aromatic nitrogens is 2. The van der Waals surface area contributed by atoms with E-state index in [0.717, 1.165) is 37.0 Å². The Morgan fingerprint density at radius 3 is 2.11 bits per heavy atom. The Labute approximate surface area is 213 Å². The molecule has 2 N–H and O–H groups in total. The predicted molar refractivity (Wildman–Crippen MR) is 140 cm³/mol. The highest BCUT2D eigenvalue weighted by atomic mass is 32.2. The summed E-state index contributed by atoms with van der Waals surface area (Å²) in [5, 5.41) is 8.90. The Bertz CT molecular complexity index is 981. The van der Waals surface area contributed by atoms with Gasteiger partial charge in [0.15, 0.2) is 0 Å². The maximum Gasteiger partial charge on any atom is 0.338 e. The summed E-state index contributed by atoms with van der Waals surface area (Å²) in [6, 6.07) is 8.34. The van der Waals surface area contributed by atoms with Crippen molar-refractivity contribution >= 4 is 29.8 Å². The first kappa shape index (κ1) is 28.6. The number of rotatable bonds is 12. The Morgan fingerprint density at radius 2 is 1.57 bits per heavy atom. The first-order valence-corrected chi connectivity index (χ1v) is 12.8. The largest absolute Gasteiger partial charge is 0.478 e. The third-order valence-corrected chi connectivity index (χ3v) is 6.32. The number of carbonyl (C=O) groups excluding carboxylic acids is 1. The van der Waals surface area contributed by atoms with Gasteiger partial charge in [0, 0.05) is 17.3 Å². The molecule has 0 amide bonds. The van der Waals surface area contributed by atoms with Gasteiger partial charge in [-0.05, 0) is 95.4 Å². The fraction of sp³-hybridized carbons (Fsp3) is 0.556. The molecule has 0 aliphatic carbocycles. The number of anilines is 1. The summed E-state index contributed by atoms with van der Waals surface area (Å²) in [4.78, 5) is 32.5. The van der Waals surface area contributed by atoms with E-state index >= 15 is 0 Å². The highest BCUT2D eigenvalue weighted by molar-refractivity contribution is 8.00. The first-order valence-electron chi connectivity index (χ1n) is 12.0. The standard InChI is InChI=1S/C27H39N3O4S/c1-25(2,3)34-23(33)27(6,7)18-26(4,5)15-9-8-10-19-11-13-21(14-12-19)35-30-24-28-16-20(17-29-24)22(31)32/h11-14,16-17H,8-10,15,18H2,1-7H3,(H,31,32)(H,28,29,30). The number of aromatic carboxylic acids is 1. The van der Waals surface area contributed by atoms with Gasteiger partial charge in [0.25, 0.3) is 0 Å². The molecule has 0 bridgehead atoms. The van der Waals surface area contributed by atoms with Crippen molar-refractivity contribution in [3.8, 4) is 0 Å². The molecule has 1 heterocycles. The average Bonchev–Trinajstić information content (AvgIpc) is 2.74. The van der Waals surface area contributed by atoms with Crippen molar-refractivity contribution in [1.29, 1.82) is 0 Å². The quantitative estimate of drug-likeness (QED) is 0.186. The molecule has 0 radical (unpaired) electrons. The fourth-order valence-corrected chi connectivity index (χ4v) is 4.61. The lowest BCUT2D eigenvalue weighted by Crippen LogP contribution is -2.36. The second-order valence-corrected chi connectivity index (χ2v) is 12.3. The molecule has 0 aliphatic heterocycles. The fourth-order valence-electron chi connectivity index (χ4n) is 4.03. The van der Waals surface area contributed by atoms with Crippen LogP contribution in [0.4, 0.5) is 5.95 Å². The van der Waals surface area contributed by atoms with Crippen LogP contribution >= 0.6 is 11.9 Å². The molecular formula is C27H39N3O4S. The van der Waals surface area contributed by atoms with Gasteiger partial charge in [-0.3, -0.25) is 9.52 Å². The van der Waals surface area contributed by atoms with Crippen molar-refractivity contribution in [2.75, 3.05) is 4.72 Å². The maximum atomic E-state index is 12.6. The summed E-state index contributed by atoms with van der Waals surface area (Å²) in [7, 11) is 0. The Hall–Kier alpha value is -2.61. The zero-order valence-electron chi connectivity index (χ0n) is 22.0. The van der Waals surface area contributed by atoms with E-state index in [9.17, 15) is 9.59 Å². The lowest BCUT2D eigenvalue weighted by atomic mass is 9.72. The van der Waals surface area contributed by atoms with Crippen molar-refractivity contribution in [2.45, 2.75) is 91.1 Å². The van der Waals surface area contributed by atoms with Gasteiger partial charge in [0.1, 0.15) is 5.60 Å². The van der Waals surface area contributed by atoms with Crippen LogP contribution in [0.25, 0.3) is 0 Å². The second kappa shape index (κ2) is 11.9. The number of hydrogen-bond acceptors (Lipinski definition) is 7. The van der Waals surface area contributed by atoms with Gasteiger partial charge in [-0.1, -0.05) is 32.4 Å². The smallest absolute Gasteiger partial charge is 0.338 e. The van der Waals surface area contributed by atoms with Gasteiger partial charge in [-0.15, -0.1) is 0 Å². The second-order valence-electron chi connectivity index (χ2n) is 11.4. The number of hydrogen-bond donors (Lipinski definition) is 2. The molecule has 2 rings (SSSR count). The predicted octanol–water partition coefficient (Wildman–Crippen LogP) is 6.79. The number of carboxylic acid groups (broad SMARTS) is 1. The Balaban J connectivity index is 1.75. The van der Waals surface area contributed by atoms with Crippen molar-refractivity contribution in [3.05, 3.63) is 47.8 Å². The van der Waals surface area contributed by atoms with E-state index in [0.29, 0.717) is 5.95 Å². The van der Waals surface area contributed by atoms with Gasteiger partial charge in [0.05, 0.1) is 11.0 Å². The van der Waals surface area contributed by atoms with Crippen molar-refractivity contribution in [1.82, 2.24) is 9.97 Å². The van der Waals surface area contributed by atoms with E-state index in [4.69, 9.17) is 9.84 Å². The zero-order chi connectivity index (χ0) is 26.3. The third-order valence-electron chi connectivity index (χ3n) is 5.52. The summed E-state index contributed by atoms with van der Waals surface area (Å²) in [6.07, 6.45) is 7.59. The number of nitrogens with one attached hydrogen (secondary N) is 1. The number of nitrogens with zero attached hydrogens (tertiary/aromatic N) is 2. The average molecular weight is 502 g/mol. The van der Waals surface area contributed by atoms with Gasteiger partial charge in [-0.25, -0.2) is 14.8 Å². The molecule has 35 heavy (non-hydrogen) atoms. The first-order chi connectivity index (χ1) is 16.2. The van der Waals surface area contributed by atoms with E-state index in [1.807, 2.05) is 46.8 Å². The SMILES string of the molecule is CC(C)(CCCCc1ccc(SNc2ncc(C(=O)O)cn2)cc1)CC(C)(C)C(=O)OC(C)(C)C. The number of unbranched alkanes of at least 4 members (excludes halogenated alkanes) is 1. The molecule has 0 fully saturated rings. The highest BCUT2D eigenvalue weighted by Crippen LogP contribution is 2.39. The lowest BCUT2D eigenvalue weighted by molar-refractivity contribution is -0.167. The lowest BCUT2D eigenvalue weighted by Gasteiger charge is -2.35. The van der Waals surface area contributed by atoms with Crippen LogP contribution in [0.5, 0.6) is 0 Å². The topological polar surface area (TPSA) is 101 Å². The molecule has 0 spiro atoms. The molecular weight excluding hydrogens is 462 g/mol. The van der Waals surface area contributed by atoms with Crippen LogP contribution in [0.3, 0.4) is 0 Å². The summed E-state index contributed by atoms with van der Waals surface area (Å²) in [6.45, 7) is 14.1. The van der Waals surface area contributed by atoms with Crippen LogP contribution < -0.4 is 4.72 Å². The zero-order valence-corrected chi connectivity index (χ0v) is 22.8. The van der Waals surface area contributed by atoms with E-state index < -0.39 is 17.0 Å². The summed E-state index contributed by atoms with van der Waals surface area (Å²) in [5.74, 6) is -0.816.